The molecule has 1 aromatic heterocycles. The Morgan fingerprint density at radius 1 is 0.947 bits per heavy atom. The molecule has 2 aromatic carbocycles. The van der Waals surface area contributed by atoms with Crippen LogP contribution in [-0.4, -0.2) is 59.9 Å². The van der Waals surface area contributed by atoms with Crippen molar-refractivity contribution in [2.75, 3.05) is 38.2 Å². The van der Waals surface area contributed by atoms with Crippen molar-refractivity contribution in [3.8, 4) is 5.75 Å². The van der Waals surface area contributed by atoms with Crippen molar-refractivity contribution in [2.24, 2.45) is 0 Å². The highest BCUT2D eigenvalue weighted by Gasteiger charge is 2.22. The van der Waals surface area contributed by atoms with E-state index >= 15 is 0 Å². The van der Waals surface area contributed by atoms with Crippen LogP contribution in [0, 0.1) is 0 Å². The van der Waals surface area contributed by atoms with Gasteiger partial charge in [0.15, 0.2) is 0 Å². The van der Waals surface area contributed by atoms with Gasteiger partial charge in [0.2, 0.25) is 11.8 Å². The number of carbonyl (C=O) groups is 2. The monoisotopic (exact) mass is 514 g/mol. The number of amides is 2. The summed E-state index contributed by atoms with van der Waals surface area (Å²) in [7, 11) is 1.68. The highest BCUT2D eigenvalue weighted by atomic mass is 16.5. The van der Waals surface area contributed by atoms with E-state index in [4.69, 9.17) is 4.74 Å². The Bertz CT molecular complexity index is 1200. The lowest BCUT2D eigenvalue weighted by atomic mass is 10.1. The first-order valence-corrected chi connectivity index (χ1v) is 13.4. The maximum Gasteiger partial charge on any atom is 0.223 e. The standard InChI is InChI=1S/C31H38N4O3/c1-25(36)35-19-9-18-33(23-26-10-8-17-32-22-26)20-21-34(24-28-12-3-5-14-29(28)35)31(37)16-7-13-27-11-4-6-15-30(27)38-2/h3-6,8,10-12,14-15,17,22H,7,9,13,16,18-21,23-24H2,1-2H3. The van der Waals surface area contributed by atoms with Crippen LogP contribution in [0.25, 0.3) is 0 Å². The molecule has 0 spiro atoms. The number of aromatic nitrogens is 1. The normalized spacial score (nSPS) is 14.9. The molecule has 3 aromatic rings. The lowest BCUT2D eigenvalue weighted by Gasteiger charge is -2.28. The largest absolute Gasteiger partial charge is 0.496 e. The van der Waals surface area contributed by atoms with Gasteiger partial charge in [-0.05, 0) is 54.2 Å². The lowest BCUT2D eigenvalue weighted by Crippen LogP contribution is -2.38. The molecule has 0 saturated heterocycles. The third-order valence-corrected chi connectivity index (χ3v) is 7.08. The van der Waals surface area contributed by atoms with Crippen molar-refractivity contribution in [1.29, 1.82) is 0 Å². The summed E-state index contributed by atoms with van der Waals surface area (Å²) in [5.41, 5.74) is 4.16. The van der Waals surface area contributed by atoms with Crippen LogP contribution in [0.15, 0.2) is 73.1 Å². The molecule has 7 heteroatoms. The summed E-state index contributed by atoms with van der Waals surface area (Å²) in [5, 5.41) is 0. The average molecular weight is 515 g/mol. The number of pyridine rings is 1. The zero-order chi connectivity index (χ0) is 26.7. The Labute approximate surface area is 226 Å². The molecule has 0 aliphatic carbocycles. The molecule has 0 unspecified atom stereocenters. The predicted octanol–water partition coefficient (Wildman–Crippen LogP) is 4.70. The van der Waals surface area contributed by atoms with Crippen molar-refractivity contribution in [2.45, 2.75) is 45.7 Å². The summed E-state index contributed by atoms with van der Waals surface area (Å²) < 4.78 is 5.48. The summed E-state index contributed by atoms with van der Waals surface area (Å²) in [6.07, 6.45) is 6.51. The number of methoxy groups -OCH3 is 1. The minimum absolute atomic E-state index is 0.0187. The molecule has 0 radical (unpaired) electrons. The molecular weight excluding hydrogens is 476 g/mol. The van der Waals surface area contributed by atoms with E-state index in [1.165, 1.54) is 0 Å². The summed E-state index contributed by atoms with van der Waals surface area (Å²) in [4.78, 5) is 36.6. The van der Waals surface area contributed by atoms with Gasteiger partial charge in [0.25, 0.3) is 0 Å². The Morgan fingerprint density at radius 2 is 1.76 bits per heavy atom. The summed E-state index contributed by atoms with van der Waals surface area (Å²) >= 11 is 0. The van der Waals surface area contributed by atoms with E-state index in [9.17, 15) is 9.59 Å². The van der Waals surface area contributed by atoms with Gasteiger partial charge in [0.05, 0.1) is 7.11 Å². The van der Waals surface area contributed by atoms with E-state index in [0.717, 1.165) is 67.0 Å². The molecule has 7 nitrogen and oxygen atoms in total. The molecule has 1 aliphatic heterocycles. The molecule has 4 rings (SSSR count). The fraction of sp³-hybridized carbons (Fsp3) is 0.387. The minimum atomic E-state index is 0.0187. The van der Waals surface area contributed by atoms with Crippen LogP contribution in [0.4, 0.5) is 5.69 Å². The molecule has 200 valence electrons. The summed E-state index contributed by atoms with van der Waals surface area (Å²) in [5.74, 6) is 1.01. The Hall–Kier alpha value is -3.71. The number of ether oxygens (including phenoxy) is 1. The summed E-state index contributed by atoms with van der Waals surface area (Å²) in [6.45, 7) is 5.71. The maximum absolute atomic E-state index is 13.6. The fourth-order valence-electron chi connectivity index (χ4n) is 5.08. The second kappa shape index (κ2) is 13.7. The van der Waals surface area contributed by atoms with Crippen molar-refractivity contribution in [3.05, 3.63) is 89.7 Å². The van der Waals surface area contributed by atoms with Crippen molar-refractivity contribution >= 4 is 17.5 Å². The van der Waals surface area contributed by atoms with Crippen LogP contribution in [0.3, 0.4) is 0 Å². The number of para-hydroxylation sites is 2. The number of aryl methyl sites for hydroxylation is 1. The van der Waals surface area contributed by atoms with E-state index < -0.39 is 0 Å². The first kappa shape index (κ1) is 27.3. The highest BCUT2D eigenvalue weighted by molar-refractivity contribution is 5.92. The summed E-state index contributed by atoms with van der Waals surface area (Å²) in [6, 6.07) is 20.0. The van der Waals surface area contributed by atoms with Crippen LogP contribution in [-0.2, 0) is 29.1 Å². The SMILES string of the molecule is COc1ccccc1CCCC(=O)N1CCN(Cc2cccnc2)CCCN(C(C)=O)c2ccccc2C1. The Balaban J connectivity index is 1.52. The molecule has 0 saturated carbocycles. The van der Waals surface area contributed by atoms with Gasteiger partial charge in [0.1, 0.15) is 5.75 Å². The van der Waals surface area contributed by atoms with Gasteiger partial charge < -0.3 is 14.5 Å². The lowest BCUT2D eigenvalue weighted by molar-refractivity contribution is -0.132. The quantitative estimate of drug-likeness (QED) is 0.457. The number of fused-ring (bicyclic) bond motifs is 1. The average Bonchev–Trinajstić information content (AvgIpc) is 2.97. The van der Waals surface area contributed by atoms with Gasteiger partial charge in [-0.25, -0.2) is 0 Å². The van der Waals surface area contributed by atoms with Gasteiger partial charge >= 0.3 is 0 Å². The van der Waals surface area contributed by atoms with Gasteiger partial charge in [-0.3, -0.25) is 19.5 Å². The van der Waals surface area contributed by atoms with Crippen LogP contribution >= 0.6 is 0 Å². The maximum atomic E-state index is 13.6. The molecule has 2 amide bonds. The third-order valence-electron chi connectivity index (χ3n) is 7.08. The number of hydrogen-bond donors (Lipinski definition) is 0. The van der Waals surface area contributed by atoms with E-state index in [-0.39, 0.29) is 11.8 Å². The van der Waals surface area contributed by atoms with E-state index in [0.29, 0.717) is 26.1 Å². The fourth-order valence-corrected chi connectivity index (χ4v) is 5.08. The number of nitrogens with zero attached hydrogens (tertiary/aromatic N) is 4. The third kappa shape index (κ3) is 7.42. The number of hydrogen-bond acceptors (Lipinski definition) is 5. The van der Waals surface area contributed by atoms with Gasteiger partial charge in [-0.1, -0.05) is 42.5 Å². The molecule has 38 heavy (non-hydrogen) atoms. The highest BCUT2D eigenvalue weighted by Crippen LogP contribution is 2.25. The predicted molar refractivity (Wildman–Crippen MR) is 150 cm³/mol. The first-order valence-electron chi connectivity index (χ1n) is 13.4. The Morgan fingerprint density at radius 3 is 2.55 bits per heavy atom. The second-order valence-corrected chi connectivity index (χ2v) is 9.77. The van der Waals surface area contributed by atoms with E-state index in [2.05, 4.69) is 22.0 Å². The molecular formula is C31H38N4O3. The van der Waals surface area contributed by atoms with E-state index in [1.807, 2.05) is 64.5 Å². The van der Waals surface area contributed by atoms with Crippen molar-refractivity contribution in [1.82, 2.24) is 14.8 Å². The van der Waals surface area contributed by atoms with Crippen LogP contribution in [0.2, 0.25) is 0 Å². The number of rotatable bonds is 7. The van der Waals surface area contributed by atoms with Gasteiger partial charge in [-0.15, -0.1) is 0 Å². The molecule has 1 aliphatic rings. The van der Waals surface area contributed by atoms with Crippen molar-refractivity contribution < 1.29 is 14.3 Å². The second-order valence-electron chi connectivity index (χ2n) is 9.77. The molecule has 0 N–H and O–H groups in total. The zero-order valence-electron chi connectivity index (χ0n) is 22.5. The van der Waals surface area contributed by atoms with Gasteiger partial charge in [-0.2, -0.15) is 0 Å². The van der Waals surface area contributed by atoms with Gasteiger partial charge in [0, 0.05) is 70.7 Å². The van der Waals surface area contributed by atoms with Crippen LogP contribution in [0.5, 0.6) is 5.75 Å². The number of carbonyl (C=O) groups excluding carboxylic acids is 2. The van der Waals surface area contributed by atoms with Crippen LogP contribution in [0.1, 0.15) is 42.9 Å². The number of benzene rings is 2. The minimum Gasteiger partial charge on any atom is -0.496 e. The number of anilines is 1. The van der Waals surface area contributed by atoms with Crippen LogP contribution < -0.4 is 9.64 Å². The molecule has 0 bridgehead atoms. The van der Waals surface area contributed by atoms with Crippen molar-refractivity contribution in [3.63, 3.8) is 0 Å². The Kier molecular flexibility index (Phi) is 9.87. The molecule has 0 fully saturated rings. The zero-order valence-corrected chi connectivity index (χ0v) is 22.5. The smallest absolute Gasteiger partial charge is 0.223 e. The first-order chi connectivity index (χ1) is 18.5. The molecule has 0 atom stereocenters. The topological polar surface area (TPSA) is 66.0 Å². The van der Waals surface area contributed by atoms with E-state index in [1.54, 1.807) is 20.2 Å². The molecule has 2 heterocycles.